The lowest BCUT2D eigenvalue weighted by Gasteiger charge is -2.25. The van der Waals surface area contributed by atoms with E-state index in [1.807, 2.05) is 44.2 Å². The predicted molar refractivity (Wildman–Crippen MR) is 77.0 cm³/mol. The van der Waals surface area contributed by atoms with Crippen LogP contribution in [0.1, 0.15) is 13.8 Å². The molecule has 0 heterocycles. The highest BCUT2D eigenvalue weighted by atomic mass is 16.5. The zero-order valence-electron chi connectivity index (χ0n) is 12.0. The number of ether oxygens (including phenoxy) is 1. The molecule has 1 rings (SSSR count). The van der Waals surface area contributed by atoms with Crippen molar-refractivity contribution in [3.63, 3.8) is 0 Å². The van der Waals surface area contributed by atoms with Gasteiger partial charge in [-0.05, 0) is 18.1 Å². The Hall–Kier alpha value is -1.55. The van der Waals surface area contributed by atoms with Crippen LogP contribution in [0.5, 0.6) is 5.75 Å². The summed E-state index contributed by atoms with van der Waals surface area (Å²) in [7, 11) is 1.79. The van der Waals surface area contributed by atoms with E-state index in [1.165, 1.54) is 0 Å². The van der Waals surface area contributed by atoms with E-state index < -0.39 is 0 Å². The van der Waals surface area contributed by atoms with Crippen molar-refractivity contribution in [2.45, 2.75) is 13.8 Å². The number of amides is 1. The van der Waals surface area contributed by atoms with Gasteiger partial charge in [0.25, 0.3) is 0 Å². The Morgan fingerprint density at radius 1 is 1.32 bits per heavy atom. The summed E-state index contributed by atoms with van der Waals surface area (Å²) in [4.78, 5) is 13.8. The van der Waals surface area contributed by atoms with Gasteiger partial charge in [0.1, 0.15) is 12.4 Å². The van der Waals surface area contributed by atoms with E-state index in [4.69, 9.17) is 10.5 Å². The molecule has 4 nitrogen and oxygen atoms in total. The molecule has 19 heavy (non-hydrogen) atoms. The largest absolute Gasteiger partial charge is 0.492 e. The Morgan fingerprint density at radius 2 is 1.95 bits per heavy atom. The molecule has 0 saturated carbocycles. The summed E-state index contributed by atoms with van der Waals surface area (Å²) in [5.41, 5.74) is 5.65. The van der Waals surface area contributed by atoms with Crippen LogP contribution in [0.2, 0.25) is 0 Å². The topological polar surface area (TPSA) is 55.6 Å². The second-order valence-corrected chi connectivity index (χ2v) is 5.01. The van der Waals surface area contributed by atoms with Crippen LogP contribution in [0.4, 0.5) is 0 Å². The molecule has 0 aliphatic heterocycles. The summed E-state index contributed by atoms with van der Waals surface area (Å²) in [6.07, 6.45) is 0. The van der Waals surface area contributed by atoms with Crippen LogP contribution in [0, 0.1) is 11.8 Å². The molecule has 0 radical (unpaired) electrons. The predicted octanol–water partition coefficient (Wildman–Crippen LogP) is 1.75. The van der Waals surface area contributed by atoms with Gasteiger partial charge in [-0.3, -0.25) is 4.79 Å². The molecule has 1 aromatic rings. The van der Waals surface area contributed by atoms with E-state index in [1.54, 1.807) is 11.9 Å². The minimum atomic E-state index is -0.110. The van der Waals surface area contributed by atoms with Crippen LogP contribution in [-0.4, -0.2) is 37.6 Å². The summed E-state index contributed by atoms with van der Waals surface area (Å²) in [6.45, 7) is 5.48. The number of likely N-dealkylation sites (N-methyl/N-ethyl adjacent to an activating group) is 1. The van der Waals surface area contributed by atoms with E-state index in [0.717, 1.165) is 5.75 Å². The Labute approximate surface area is 115 Å². The third-order valence-electron chi connectivity index (χ3n) is 3.19. The average molecular weight is 264 g/mol. The van der Waals surface area contributed by atoms with Gasteiger partial charge in [0, 0.05) is 13.6 Å². The molecule has 0 bridgehead atoms. The number of benzene rings is 1. The van der Waals surface area contributed by atoms with Crippen molar-refractivity contribution in [3.05, 3.63) is 30.3 Å². The van der Waals surface area contributed by atoms with E-state index in [0.29, 0.717) is 19.7 Å². The fourth-order valence-electron chi connectivity index (χ4n) is 1.87. The number of carbonyl (C=O) groups is 1. The molecule has 1 unspecified atom stereocenters. The lowest BCUT2D eigenvalue weighted by molar-refractivity contribution is -0.135. The molecule has 0 aliphatic carbocycles. The zero-order valence-corrected chi connectivity index (χ0v) is 12.0. The standard InChI is InChI=1S/C15H24N2O2/c1-12(2)14(11-16)15(18)17(3)9-10-19-13-7-5-4-6-8-13/h4-8,12,14H,9-11,16H2,1-3H3. The number of nitrogens with two attached hydrogens (primary N) is 1. The first-order valence-electron chi connectivity index (χ1n) is 6.69. The molecule has 0 fully saturated rings. The highest BCUT2D eigenvalue weighted by Crippen LogP contribution is 2.12. The lowest BCUT2D eigenvalue weighted by Crippen LogP contribution is -2.40. The van der Waals surface area contributed by atoms with Crippen LogP contribution >= 0.6 is 0 Å². The minimum Gasteiger partial charge on any atom is -0.492 e. The Bertz CT molecular complexity index is 379. The van der Waals surface area contributed by atoms with Crippen LogP contribution in [0.25, 0.3) is 0 Å². The minimum absolute atomic E-state index is 0.0918. The van der Waals surface area contributed by atoms with E-state index in [2.05, 4.69) is 0 Å². The van der Waals surface area contributed by atoms with E-state index >= 15 is 0 Å². The molecular formula is C15H24N2O2. The SMILES string of the molecule is CC(C)C(CN)C(=O)N(C)CCOc1ccccc1. The van der Waals surface area contributed by atoms with Crippen molar-refractivity contribution >= 4 is 5.91 Å². The average Bonchev–Trinajstić information content (AvgIpc) is 2.40. The van der Waals surface area contributed by atoms with E-state index in [-0.39, 0.29) is 17.7 Å². The van der Waals surface area contributed by atoms with Gasteiger partial charge in [-0.2, -0.15) is 0 Å². The molecule has 0 saturated heterocycles. The van der Waals surface area contributed by atoms with Gasteiger partial charge in [-0.1, -0.05) is 32.0 Å². The van der Waals surface area contributed by atoms with Crippen molar-refractivity contribution in [1.82, 2.24) is 4.90 Å². The number of rotatable bonds is 7. The van der Waals surface area contributed by atoms with Crippen LogP contribution in [0.3, 0.4) is 0 Å². The maximum absolute atomic E-state index is 12.1. The number of carbonyl (C=O) groups excluding carboxylic acids is 1. The van der Waals surface area contributed by atoms with Gasteiger partial charge in [0.15, 0.2) is 0 Å². The van der Waals surface area contributed by atoms with Crippen LogP contribution < -0.4 is 10.5 Å². The third kappa shape index (κ3) is 4.91. The van der Waals surface area contributed by atoms with Crippen molar-refractivity contribution < 1.29 is 9.53 Å². The maximum Gasteiger partial charge on any atom is 0.227 e. The molecule has 1 amide bonds. The Morgan fingerprint density at radius 3 is 2.47 bits per heavy atom. The van der Waals surface area contributed by atoms with Crippen molar-refractivity contribution in [2.24, 2.45) is 17.6 Å². The summed E-state index contributed by atoms with van der Waals surface area (Å²) >= 11 is 0. The second kappa shape index (κ2) is 7.79. The lowest BCUT2D eigenvalue weighted by atomic mass is 9.94. The quantitative estimate of drug-likeness (QED) is 0.816. The summed E-state index contributed by atoms with van der Waals surface area (Å²) in [5, 5.41) is 0. The van der Waals surface area contributed by atoms with Crippen molar-refractivity contribution in [1.29, 1.82) is 0 Å². The summed E-state index contributed by atoms with van der Waals surface area (Å²) in [5.74, 6) is 1.06. The molecule has 2 N–H and O–H groups in total. The van der Waals surface area contributed by atoms with Crippen LogP contribution in [0.15, 0.2) is 30.3 Å². The first kappa shape index (κ1) is 15.5. The van der Waals surface area contributed by atoms with Gasteiger partial charge in [0.2, 0.25) is 5.91 Å². The molecule has 4 heteroatoms. The van der Waals surface area contributed by atoms with Crippen LogP contribution in [-0.2, 0) is 4.79 Å². The molecule has 0 aromatic heterocycles. The molecule has 1 atom stereocenters. The number of hydrogen-bond donors (Lipinski definition) is 1. The smallest absolute Gasteiger partial charge is 0.227 e. The fourth-order valence-corrected chi connectivity index (χ4v) is 1.87. The van der Waals surface area contributed by atoms with Gasteiger partial charge in [0.05, 0.1) is 12.5 Å². The monoisotopic (exact) mass is 264 g/mol. The van der Waals surface area contributed by atoms with Crippen molar-refractivity contribution in [2.75, 3.05) is 26.7 Å². The Balaban J connectivity index is 2.38. The molecule has 0 spiro atoms. The van der Waals surface area contributed by atoms with Gasteiger partial charge in [-0.25, -0.2) is 0 Å². The first-order chi connectivity index (χ1) is 9.06. The number of hydrogen-bond acceptors (Lipinski definition) is 3. The fraction of sp³-hybridized carbons (Fsp3) is 0.533. The molecular weight excluding hydrogens is 240 g/mol. The summed E-state index contributed by atoms with van der Waals surface area (Å²) < 4.78 is 5.58. The molecule has 1 aromatic carbocycles. The molecule has 0 aliphatic rings. The molecule has 106 valence electrons. The normalized spacial score (nSPS) is 12.3. The van der Waals surface area contributed by atoms with E-state index in [9.17, 15) is 4.79 Å². The number of para-hydroxylation sites is 1. The summed E-state index contributed by atoms with van der Waals surface area (Å²) in [6, 6.07) is 9.59. The third-order valence-corrected chi connectivity index (χ3v) is 3.19. The second-order valence-electron chi connectivity index (χ2n) is 5.01. The highest BCUT2D eigenvalue weighted by molar-refractivity contribution is 5.79. The maximum atomic E-state index is 12.1. The van der Waals surface area contributed by atoms with Crippen molar-refractivity contribution in [3.8, 4) is 5.75 Å². The van der Waals surface area contributed by atoms with Gasteiger partial charge >= 0.3 is 0 Å². The van der Waals surface area contributed by atoms with Gasteiger partial charge in [-0.15, -0.1) is 0 Å². The zero-order chi connectivity index (χ0) is 14.3. The number of nitrogens with zero attached hydrogens (tertiary/aromatic N) is 1. The Kier molecular flexibility index (Phi) is 6.36. The highest BCUT2D eigenvalue weighted by Gasteiger charge is 2.23. The van der Waals surface area contributed by atoms with Gasteiger partial charge < -0.3 is 15.4 Å². The first-order valence-corrected chi connectivity index (χ1v) is 6.69.